The van der Waals surface area contributed by atoms with Gasteiger partial charge in [0.15, 0.2) is 0 Å². The molecule has 1 fully saturated rings. The summed E-state index contributed by atoms with van der Waals surface area (Å²) in [7, 11) is 0. The van der Waals surface area contributed by atoms with Gasteiger partial charge in [0, 0.05) is 30.7 Å². The Morgan fingerprint density at radius 1 is 1.22 bits per heavy atom. The van der Waals surface area contributed by atoms with Gasteiger partial charge in [-0.1, -0.05) is 25.0 Å². The summed E-state index contributed by atoms with van der Waals surface area (Å²) in [6.07, 6.45) is 5.05. The quantitative estimate of drug-likeness (QED) is 0.721. The number of hydrogen-bond acceptors (Lipinski definition) is 3. The molecule has 2 rings (SSSR count). The van der Waals surface area contributed by atoms with E-state index in [0.29, 0.717) is 6.42 Å². The first-order valence-corrected chi connectivity index (χ1v) is 8.38. The lowest BCUT2D eigenvalue weighted by Gasteiger charge is -2.16. The van der Waals surface area contributed by atoms with Gasteiger partial charge in [-0.05, 0) is 43.9 Å². The van der Waals surface area contributed by atoms with Crippen molar-refractivity contribution in [1.82, 2.24) is 5.32 Å². The Morgan fingerprint density at radius 3 is 2.48 bits per heavy atom. The van der Waals surface area contributed by atoms with Crippen LogP contribution < -0.4 is 10.6 Å². The molecule has 0 saturated heterocycles. The number of aliphatic hydroxyl groups excluding tert-OH is 1. The van der Waals surface area contributed by atoms with Crippen LogP contribution in [-0.4, -0.2) is 29.6 Å². The molecule has 5 heteroatoms. The number of aliphatic hydroxyl groups is 1. The van der Waals surface area contributed by atoms with Gasteiger partial charge < -0.3 is 15.7 Å². The molecular weight excluding hydrogens is 292 g/mol. The van der Waals surface area contributed by atoms with Crippen molar-refractivity contribution in [3.8, 4) is 0 Å². The minimum absolute atomic E-state index is 0.0798. The monoisotopic (exact) mass is 318 g/mol. The lowest BCUT2D eigenvalue weighted by Crippen LogP contribution is -2.38. The first kappa shape index (κ1) is 17.5. The molecule has 1 aromatic carbocycles. The fraction of sp³-hybridized carbons (Fsp3) is 0.556. The van der Waals surface area contributed by atoms with E-state index in [1.807, 2.05) is 31.2 Å². The topological polar surface area (TPSA) is 78.4 Å². The summed E-state index contributed by atoms with van der Waals surface area (Å²) in [5.74, 6) is 0.0925. The van der Waals surface area contributed by atoms with Crippen LogP contribution in [0.25, 0.3) is 0 Å². The van der Waals surface area contributed by atoms with Crippen molar-refractivity contribution in [3.63, 3.8) is 0 Å². The normalized spacial score (nSPS) is 16.1. The van der Waals surface area contributed by atoms with Gasteiger partial charge >= 0.3 is 0 Å². The van der Waals surface area contributed by atoms with E-state index < -0.39 is 0 Å². The van der Waals surface area contributed by atoms with Gasteiger partial charge in [-0.3, -0.25) is 9.59 Å². The largest absolute Gasteiger partial charge is 0.396 e. The Bertz CT molecular complexity index is 522. The van der Waals surface area contributed by atoms with Crippen LogP contribution in [-0.2, 0) is 16.0 Å². The Kier molecular flexibility index (Phi) is 6.59. The maximum Gasteiger partial charge on any atom is 0.226 e. The van der Waals surface area contributed by atoms with Gasteiger partial charge in [0.25, 0.3) is 0 Å². The predicted molar refractivity (Wildman–Crippen MR) is 90.0 cm³/mol. The molecular formula is C18H26N2O3. The zero-order valence-corrected chi connectivity index (χ0v) is 13.7. The Morgan fingerprint density at radius 2 is 1.87 bits per heavy atom. The molecule has 126 valence electrons. The summed E-state index contributed by atoms with van der Waals surface area (Å²) in [6.45, 7) is 1.97. The minimum Gasteiger partial charge on any atom is -0.396 e. The third-order valence-electron chi connectivity index (χ3n) is 4.24. The Balaban J connectivity index is 1.75. The average molecular weight is 318 g/mol. The molecule has 0 heterocycles. The van der Waals surface area contributed by atoms with E-state index in [0.717, 1.165) is 36.9 Å². The van der Waals surface area contributed by atoms with Crippen LogP contribution in [0.15, 0.2) is 24.3 Å². The average Bonchev–Trinajstić information content (AvgIpc) is 3.03. The van der Waals surface area contributed by atoms with Crippen LogP contribution in [0.1, 0.15) is 44.6 Å². The molecule has 23 heavy (non-hydrogen) atoms. The van der Waals surface area contributed by atoms with Crippen LogP contribution in [0.5, 0.6) is 0 Å². The van der Waals surface area contributed by atoms with Crippen molar-refractivity contribution in [1.29, 1.82) is 0 Å². The third kappa shape index (κ3) is 5.67. The second kappa shape index (κ2) is 8.67. The van der Waals surface area contributed by atoms with E-state index in [9.17, 15) is 9.59 Å². The Hall–Kier alpha value is -1.88. The molecule has 3 N–H and O–H groups in total. The molecule has 1 atom stereocenters. The highest BCUT2D eigenvalue weighted by atomic mass is 16.3. The van der Waals surface area contributed by atoms with Crippen molar-refractivity contribution >= 4 is 17.5 Å². The highest BCUT2D eigenvalue weighted by molar-refractivity contribution is 5.91. The van der Waals surface area contributed by atoms with Gasteiger partial charge in [-0.25, -0.2) is 0 Å². The number of hydrogen-bond donors (Lipinski definition) is 3. The molecule has 0 aromatic heterocycles. The second-order valence-corrected chi connectivity index (χ2v) is 6.31. The zero-order chi connectivity index (χ0) is 16.7. The van der Waals surface area contributed by atoms with Gasteiger partial charge in [-0.2, -0.15) is 0 Å². The van der Waals surface area contributed by atoms with E-state index in [1.54, 1.807) is 0 Å². The van der Waals surface area contributed by atoms with Crippen LogP contribution in [0.3, 0.4) is 0 Å². The van der Waals surface area contributed by atoms with Crippen LogP contribution in [0.4, 0.5) is 5.69 Å². The highest BCUT2D eigenvalue weighted by Crippen LogP contribution is 2.24. The van der Waals surface area contributed by atoms with Crippen molar-refractivity contribution in [2.75, 3.05) is 11.9 Å². The van der Waals surface area contributed by atoms with Crippen LogP contribution >= 0.6 is 0 Å². The molecule has 0 unspecified atom stereocenters. The number of carbonyl (C=O) groups is 2. The van der Waals surface area contributed by atoms with Crippen molar-refractivity contribution < 1.29 is 14.7 Å². The number of rotatable bonds is 7. The number of nitrogens with one attached hydrogen (secondary N) is 2. The van der Waals surface area contributed by atoms with E-state index in [4.69, 9.17) is 5.11 Å². The molecule has 1 aromatic rings. The summed E-state index contributed by atoms with van der Waals surface area (Å²) in [4.78, 5) is 24.1. The fourth-order valence-electron chi connectivity index (χ4n) is 2.97. The lowest BCUT2D eigenvalue weighted by atomic mass is 10.1. The van der Waals surface area contributed by atoms with E-state index in [1.165, 1.54) is 0 Å². The first-order valence-electron chi connectivity index (χ1n) is 8.38. The summed E-state index contributed by atoms with van der Waals surface area (Å²) >= 11 is 0. The van der Waals surface area contributed by atoms with Crippen LogP contribution in [0, 0.1) is 5.92 Å². The molecule has 0 spiro atoms. The summed E-state index contributed by atoms with van der Waals surface area (Å²) in [6, 6.07) is 7.25. The zero-order valence-electron chi connectivity index (χ0n) is 13.7. The van der Waals surface area contributed by atoms with Crippen molar-refractivity contribution in [2.24, 2.45) is 5.92 Å². The highest BCUT2D eigenvalue weighted by Gasteiger charge is 2.24. The van der Waals surface area contributed by atoms with Gasteiger partial charge in [0.2, 0.25) is 11.8 Å². The third-order valence-corrected chi connectivity index (χ3v) is 4.24. The maximum absolute atomic E-state index is 12.0. The predicted octanol–water partition coefficient (Wildman–Crippen LogP) is 2.24. The number of benzene rings is 1. The van der Waals surface area contributed by atoms with E-state index in [2.05, 4.69) is 10.6 Å². The summed E-state index contributed by atoms with van der Waals surface area (Å²) < 4.78 is 0. The van der Waals surface area contributed by atoms with Crippen LogP contribution in [0.2, 0.25) is 0 Å². The smallest absolute Gasteiger partial charge is 0.226 e. The minimum atomic E-state index is -0.170. The van der Waals surface area contributed by atoms with Crippen molar-refractivity contribution in [3.05, 3.63) is 29.8 Å². The standard InChI is InChI=1S/C18H26N2O3/c1-13(19-18(23)15-4-2-3-5-15)12-17(22)20-16-8-6-14(7-9-16)10-11-21/h6-9,13,15,21H,2-5,10-12H2,1H3,(H,19,23)(H,20,22)/t13-/m1/s1. The van der Waals surface area contributed by atoms with E-state index in [-0.39, 0.29) is 36.8 Å². The molecule has 0 radical (unpaired) electrons. The molecule has 2 amide bonds. The van der Waals surface area contributed by atoms with Crippen molar-refractivity contribution in [2.45, 2.75) is 51.5 Å². The molecule has 1 saturated carbocycles. The number of anilines is 1. The summed E-state index contributed by atoms with van der Waals surface area (Å²) in [5, 5.41) is 14.6. The first-order chi connectivity index (χ1) is 11.1. The maximum atomic E-state index is 12.0. The molecule has 1 aliphatic carbocycles. The van der Waals surface area contributed by atoms with E-state index >= 15 is 0 Å². The molecule has 0 aliphatic heterocycles. The van der Waals surface area contributed by atoms with Gasteiger partial charge in [0.05, 0.1) is 0 Å². The second-order valence-electron chi connectivity index (χ2n) is 6.31. The van der Waals surface area contributed by atoms with Gasteiger partial charge in [0.1, 0.15) is 0 Å². The Labute approximate surface area is 137 Å². The van der Waals surface area contributed by atoms with Gasteiger partial charge in [-0.15, -0.1) is 0 Å². The molecule has 5 nitrogen and oxygen atoms in total. The molecule has 0 bridgehead atoms. The SMILES string of the molecule is C[C@H](CC(=O)Nc1ccc(CCO)cc1)NC(=O)C1CCCC1. The number of carbonyl (C=O) groups excluding carboxylic acids is 2. The fourth-order valence-corrected chi connectivity index (χ4v) is 2.97. The summed E-state index contributed by atoms with van der Waals surface area (Å²) in [5.41, 5.74) is 1.76. The molecule has 1 aliphatic rings. The number of amides is 2. The lowest BCUT2D eigenvalue weighted by molar-refractivity contribution is -0.125.